The summed E-state index contributed by atoms with van der Waals surface area (Å²) in [6.45, 7) is 2.30. The molecule has 9 nitrogen and oxygen atoms in total. The monoisotopic (exact) mass is 420 g/mol. The normalized spacial score (nSPS) is 22.3. The smallest absolute Gasteiger partial charge is 0.407 e. The summed E-state index contributed by atoms with van der Waals surface area (Å²) in [5, 5.41) is 9.18. The van der Waals surface area contributed by atoms with Gasteiger partial charge in [-0.3, -0.25) is 9.69 Å². The fraction of sp³-hybridized carbons (Fsp3) is 0.550. The molecular formula is C20H25FN4O5. The zero-order valence-corrected chi connectivity index (χ0v) is 16.8. The average Bonchev–Trinajstić information content (AvgIpc) is 3.08. The Hall–Kier alpha value is -3.04. The standard InChI is InChI=1S/C20H25FN4O5/c1-30-18(26)13-4-6-22(7-5-13)14-2-3-17(16(21)10-14)25-12-15-11-23(20(28)29)8-9-24(15)19(25)27/h2-3,10,13,15H,4-9,11-12H2,1H3,(H,28,29). The predicted molar refractivity (Wildman–Crippen MR) is 106 cm³/mol. The van der Waals surface area contributed by atoms with E-state index in [1.807, 2.05) is 4.90 Å². The van der Waals surface area contributed by atoms with Crippen LogP contribution in [0, 0.1) is 11.7 Å². The van der Waals surface area contributed by atoms with Gasteiger partial charge in [-0.05, 0) is 31.0 Å². The van der Waals surface area contributed by atoms with Gasteiger partial charge in [0.1, 0.15) is 5.82 Å². The van der Waals surface area contributed by atoms with Crippen LogP contribution in [0.25, 0.3) is 0 Å². The van der Waals surface area contributed by atoms with Crippen LogP contribution in [0.4, 0.5) is 25.4 Å². The van der Waals surface area contributed by atoms with Crippen molar-refractivity contribution in [2.24, 2.45) is 5.92 Å². The number of amides is 3. The number of ether oxygens (including phenoxy) is 1. The molecule has 3 saturated heterocycles. The number of fused-ring (bicyclic) bond motifs is 1. The molecule has 4 rings (SSSR count). The van der Waals surface area contributed by atoms with E-state index in [-0.39, 0.29) is 49.3 Å². The van der Waals surface area contributed by atoms with Gasteiger partial charge in [-0.1, -0.05) is 0 Å². The molecule has 1 aromatic carbocycles. The third-order valence-electron chi connectivity index (χ3n) is 6.24. The lowest BCUT2D eigenvalue weighted by Crippen LogP contribution is -2.53. The highest BCUT2D eigenvalue weighted by atomic mass is 19.1. The molecule has 10 heteroatoms. The van der Waals surface area contributed by atoms with E-state index >= 15 is 0 Å². The molecule has 0 spiro atoms. The maximum atomic E-state index is 15.0. The van der Waals surface area contributed by atoms with Gasteiger partial charge in [0.25, 0.3) is 0 Å². The topological polar surface area (TPSA) is 93.6 Å². The molecular weight excluding hydrogens is 395 g/mol. The predicted octanol–water partition coefficient (Wildman–Crippen LogP) is 1.82. The largest absolute Gasteiger partial charge is 0.469 e. The minimum absolute atomic E-state index is 0.125. The highest BCUT2D eigenvalue weighted by molar-refractivity contribution is 5.95. The molecule has 1 atom stereocenters. The van der Waals surface area contributed by atoms with Crippen LogP contribution in [0.1, 0.15) is 12.8 Å². The first kappa shape index (κ1) is 20.2. The Balaban J connectivity index is 1.45. The number of halogens is 1. The summed E-state index contributed by atoms with van der Waals surface area (Å²) < 4.78 is 19.8. The van der Waals surface area contributed by atoms with Crippen molar-refractivity contribution in [2.45, 2.75) is 18.9 Å². The van der Waals surface area contributed by atoms with Gasteiger partial charge in [-0.15, -0.1) is 0 Å². The molecule has 0 aromatic heterocycles. The van der Waals surface area contributed by atoms with Crippen molar-refractivity contribution in [3.8, 4) is 0 Å². The van der Waals surface area contributed by atoms with E-state index < -0.39 is 11.9 Å². The van der Waals surface area contributed by atoms with Gasteiger partial charge in [0.05, 0.1) is 31.3 Å². The summed E-state index contributed by atoms with van der Waals surface area (Å²) in [6.07, 6.45) is 0.293. The number of anilines is 2. The van der Waals surface area contributed by atoms with Crippen LogP contribution < -0.4 is 9.80 Å². The molecule has 162 valence electrons. The van der Waals surface area contributed by atoms with Crippen LogP contribution in [-0.4, -0.2) is 85.4 Å². The maximum Gasteiger partial charge on any atom is 0.407 e. The van der Waals surface area contributed by atoms with Gasteiger partial charge in [-0.2, -0.15) is 0 Å². The molecule has 30 heavy (non-hydrogen) atoms. The molecule has 1 unspecified atom stereocenters. The number of piperidine rings is 1. The summed E-state index contributed by atoms with van der Waals surface area (Å²) in [5.74, 6) is -0.826. The summed E-state index contributed by atoms with van der Waals surface area (Å²) in [7, 11) is 1.38. The first-order chi connectivity index (χ1) is 14.4. The van der Waals surface area contributed by atoms with Crippen LogP contribution in [-0.2, 0) is 9.53 Å². The first-order valence-corrected chi connectivity index (χ1v) is 10.1. The van der Waals surface area contributed by atoms with Crippen molar-refractivity contribution in [2.75, 3.05) is 56.2 Å². The SMILES string of the molecule is COC(=O)C1CCN(c2ccc(N3CC4CN(C(=O)O)CCN4C3=O)c(F)c2)CC1. The molecule has 3 aliphatic heterocycles. The number of carbonyl (C=O) groups is 3. The zero-order valence-electron chi connectivity index (χ0n) is 16.8. The van der Waals surface area contributed by atoms with E-state index in [1.165, 1.54) is 23.0 Å². The van der Waals surface area contributed by atoms with Gasteiger partial charge < -0.3 is 24.5 Å². The number of benzene rings is 1. The number of carbonyl (C=O) groups excluding carboxylic acids is 2. The van der Waals surface area contributed by atoms with Crippen LogP contribution >= 0.6 is 0 Å². The molecule has 3 amide bonds. The molecule has 3 fully saturated rings. The maximum absolute atomic E-state index is 15.0. The third-order valence-corrected chi connectivity index (χ3v) is 6.24. The Kier molecular flexibility index (Phi) is 5.40. The Morgan fingerprint density at radius 3 is 2.50 bits per heavy atom. The quantitative estimate of drug-likeness (QED) is 0.750. The van der Waals surface area contributed by atoms with Gasteiger partial charge in [0.2, 0.25) is 0 Å². The summed E-state index contributed by atoms with van der Waals surface area (Å²) in [6, 6.07) is 4.23. The van der Waals surface area contributed by atoms with Crippen LogP contribution in [0.5, 0.6) is 0 Å². The molecule has 1 aromatic rings. The molecule has 0 saturated carbocycles. The number of esters is 1. The summed E-state index contributed by atoms with van der Waals surface area (Å²) >= 11 is 0. The van der Waals surface area contributed by atoms with E-state index in [9.17, 15) is 23.9 Å². The molecule has 3 aliphatic rings. The minimum atomic E-state index is -1.01. The highest BCUT2D eigenvalue weighted by Gasteiger charge is 2.43. The Morgan fingerprint density at radius 2 is 1.87 bits per heavy atom. The summed E-state index contributed by atoms with van der Waals surface area (Å²) in [4.78, 5) is 41.9. The number of urea groups is 1. The lowest BCUT2D eigenvalue weighted by atomic mass is 9.96. The Morgan fingerprint density at radius 1 is 1.13 bits per heavy atom. The minimum Gasteiger partial charge on any atom is -0.469 e. The van der Waals surface area contributed by atoms with Gasteiger partial charge in [0.15, 0.2) is 0 Å². The Labute approximate surface area is 173 Å². The van der Waals surface area contributed by atoms with E-state index in [0.717, 1.165) is 0 Å². The van der Waals surface area contributed by atoms with Gasteiger partial charge in [-0.25, -0.2) is 14.0 Å². The van der Waals surface area contributed by atoms with E-state index in [4.69, 9.17) is 4.74 Å². The number of nitrogens with zero attached hydrogens (tertiary/aromatic N) is 4. The molecule has 3 heterocycles. The Bertz CT molecular complexity index is 858. The lowest BCUT2D eigenvalue weighted by molar-refractivity contribution is -0.146. The van der Waals surface area contributed by atoms with Crippen molar-refractivity contribution < 1.29 is 28.6 Å². The van der Waals surface area contributed by atoms with Crippen LogP contribution in [0.3, 0.4) is 0 Å². The number of piperazine rings is 1. The third kappa shape index (κ3) is 3.61. The fourth-order valence-electron chi connectivity index (χ4n) is 4.53. The lowest BCUT2D eigenvalue weighted by Gasteiger charge is -2.34. The number of methoxy groups -OCH3 is 1. The average molecular weight is 420 g/mol. The molecule has 1 N–H and O–H groups in total. The fourth-order valence-corrected chi connectivity index (χ4v) is 4.53. The summed E-state index contributed by atoms with van der Waals surface area (Å²) in [5.41, 5.74) is 0.908. The van der Waals surface area contributed by atoms with E-state index in [1.54, 1.807) is 17.0 Å². The van der Waals surface area contributed by atoms with Gasteiger partial charge >= 0.3 is 18.1 Å². The van der Waals surface area contributed by atoms with Crippen molar-refractivity contribution >= 4 is 29.5 Å². The van der Waals surface area contributed by atoms with Gasteiger partial charge in [0, 0.05) is 38.4 Å². The number of hydrogen-bond acceptors (Lipinski definition) is 5. The van der Waals surface area contributed by atoms with E-state index in [0.29, 0.717) is 38.2 Å². The number of hydrogen-bond donors (Lipinski definition) is 1. The van der Waals surface area contributed by atoms with Crippen molar-refractivity contribution in [3.05, 3.63) is 24.0 Å². The number of rotatable bonds is 3. The molecule has 0 radical (unpaired) electrons. The van der Waals surface area contributed by atoms with Crippen molar-refractivity contribution in [1.82, 2.24) is 9.80 Å². The molecule has 0 bridgehead atoms. The second kappa shape index (κ2) is 8.00. The van der Waals surface area contributed by atoms with Crippen molar-refractivity contribution in [3.63, 3.8) is 0 Å². The second-order valence-corrected chi connectivity index (χ2v) is 7.89. The molecule has 0 aliphatic carbocycles. The van der Waals surface area contributed by atoms with Crippen LogP contribution in [0.2, 0.25) is 0 Å². The van der Waals surface area contributed by atoms with Crippen LogP contribution in [0.15, 0.2) is 18.2 Å². The van der Waals surface area contributed by atoms with E-state index in [2.05, 4.69) is 0 Å². The first-order valence-electron chi connectivity index (χ1n) is 10.1. The van der Waals surface area contributed by atoms with Crippen molar-refractivity contribution in [1.29, 1.82) is 0 Å². The second-order valence-electron chi connectivity index (χ2n) is 7.89. The highest BCUT2D eigenvalue weighted by Crippen LogP contribution is 2.32. The number of carboxylic acid groups (broad SMARTS) is 1. The zero-order chi connectivity index (χ0) is 21.4.